The van der Waals surface area contributed by atoms with Gasteiger partial charge in [0.25, 0.3) is 0 Å². The molecule has 1 aliphatic heterocycles. The van der Waals surface area contributed by atoms with E-state index in [4.69, 9.17) is 4.99 Å². The topological polar surface area (TPSA) is 70.4 Å². The molecule has 2 aromatic rings. The van der Waals surface area contributed by atoms with Crippen LogP contribution in [0.3, 0.4) is 0 Å². The van der Waals surface area contributed by atoms with Gasteiger partial charge in [-0.25, -0.2) is 0 Å². The molecule has 29 heavy (non-hydrogen) atoms. The summed E-state index contributed by atoms with van der Waals surface area (Å²) >= 11 is 1.84. The van der Waals surface area contributed by atoms with E-state index in [9.17, 15) is 0 Å². The molecule has 3 rings (SSSR count). The maximum absolute atomic E-state index is 4.94. The van der Waals surface area contributed by atoms with Crippen LogP contribution in [0.5, 0.6) is 0 Å². The first kappa shape index (κ1) is 21.8. The fourth-order valence-corrected chi connectivity index (χ4v) is 4.61. The Morgan fingerprint density at radius 2 is 2.14 bits per heavy atom. The van der Waals surface area contributed by atoms with Crippen molar-refractivity contribution in [2.45, 2.75) is 52.6 Å². The highest BCUT2D eigenvalue weighted by atomic mass is 32.1. The number of piperidine rings is 1. The van der Waals surface area contributed by atoms with Gasteiger partial charge in [-0.2, -0.15) is 0 Å². The minimum absolute atomic E-state index is 0.363. The van der Waals surface area contributed by atoms with E-state index in [1.807, 2.05) is 11.3 Å². The number of hydrogen-bond acceptors (Lipinski definition) is 5. The van der Waals surface area contributed by atoms with Gasteiger partial charge in [0.15, 0.2) is 5.96 Å². The van der Waals surface area contributed by atoms with Gasteiger partial charge in [-0.15, -0.1) is 21.5 Å². The number of rotatable bonds is 9. The van der Waals surface area contributed by atoms with E-state index >= 15 is 0 Å². The van der Waals surface area contributed by atoms with Gasteiger partial charge in [-0.05, 0) is 50.2 Å². The number of thiophene rings is 1. The first-order valence-electron chi connectivity index (χ1n) is 10.9. The maximum Gasteiger partial charge on any atom is 0.191 e. The van der Waals surface area contributed by atoms with Gasteiger partial charge < -0.3 is 15.2 Å². The van der Waals surface area contributed by atoms with Crippen molar-refractivity contribution in [2.24, 2.45) is 10.9 Å². The zero-order chi connectivity index (χ0) is 20.5. The lowest BCUT2D eigenvalue weighted by molar-refractivity contribution is 0.143. The number of aliphatic imine (C=N–C) groups is 1. The van der Waals surface area contributed by atoms with Crippen molar-refractivity contribution in [3.8, 4) is 0 Å². The van der Waals surface area contributed by atoms with Gasteiger partial charge in [0.1, 0.15) is 12.2 Å². The average molecular weight is 418 g/mol. The molecule has 1 atom stereocenters. The maximum atomic E-state index is 4.94. The van der Waals surface area contributed by atoms with Crippen LogP contribution in [-0.4, -0.2) is 58.3 Å². The monoisotopic (exact) mass is 417 g/mol. The molecule has 2 aromatic heterocycles. The van der Waals surface area contributed by atoms with Crippen LogP contribution in [0.1, 0.15) is 50.4 Å². The SMILES string of the molecule is CCNC(=NCC(c1cccs1)N1CCC(C)CC1)NCCn1cnnc1CC. The lowest BCUT2D eigenvalue weighted by Gasteiger charge is -2.35. The van der Waals surface area contributed by atoms with Crippen molar-refractivity contribution >= 4 is 17.3 Å². The van der Waals surface area contributed by atoms with Crippen LogP contribution in [0, 0.1) is 5.92 Å². The minimum atomic E-state index is 0.363. The lowest BCUT2D eigenvalue weighted by Crippen LogP contribution is -2.41. The standard InChI is InChI=1S/C21H35N7S/c1-4-20-26-25-16-28(20)13-10-23-21(22-5-2)24-15-18(19-7-6-14-29-19)27-11-8-17(3)9-12-27/h6-7,14,16-18H,4-5,8-13,15H2,1-3H3,(H2,22,23,24). The number of likely N-dealkylation sites (tertiary alicyclic amines) is 1. The molecule has 2 N–H and O–H groups in total. The van der Waals surface area contributed by atoms with Crippen LogP contribution in [0.15, 0.2) is 28.8 Å². The fraction of sp³-hybridized carbons (Fsp3) is 0.667. The fourth-order valence-electron chi connectivity index (χ4n) is 3.76. The molecule has 0 amide bonds. The third-order valence-corrected chi connectivity index (χ3v) is 6.53. The summed E-state index contributed by atoms with van der Waals surface area (Å²) in [5.41, 5.74) is 0. The summed E-state index contributed by atoms with van der Waals surface area (Å²) in [6.07, 6.45) is 5.26. The van der Waals surface area contributed by atoms with Crippen LogP contribution in [0.25, 0.3) is 0 Å². The summed E-state index contributed by atoms with van der Waals surface area (Å²) in [6.45, 7) is 12.2. The summed E-state index contributed by atoms with van der Waals surface area (Å²) in [7, 11) is 0. The Kier molecular flexibility index (Phi) is 8.49. The number of guanidine groups is 1. The van der Waals surface area contributed by atoms with Gasteiger partial charge in [0, 0.05) is 30.9 Å². The molecular weight excluding hydrogens is 382 g/mol. The highest BCUT2D eigenvalue weighted by molar-refractivity contribution is 7.10. The Morgan fingerprint density at radius 3 is 2.83 bits per heavy atom. The van der Waals surface area contributed by atoms with E-state index in [0.717, 1.165) is 63.4 Å². The molecule has 0 spiro atoms. The number of nitrogens with zero attached hydrogens (tertiary/aromatic N) is 5. The van der Waals surface area contributed by atoms with Crippen LogP contribution in [-0.2, 0) is 13.0 Å². The number of aromatic nitrogens is 3. The summed E-state index contributed by atoms with van der Waals surface area (Å²) in [5, 5.41) is 17.2. The summed E-state index contributed by atoms with van der Waals surface area (Å²) in [4.78, 5) is 8.97. The highest BCUT2D eigenvalue weighted by Gasteiger charge is 2.25. The summed E-state index contributed by atoms with van der Waals surface area (Å²) in [6, 6.07) is 4.76. The van der Waals surface area contributed by atoms with Gasteiger partial charge >= 0.3 is 0 Å². The third-order valence-electron chi connectivity index (χ3n) is 5.55. The lowest BCUT2D eigenvalue weighted by atomic mass is 9.97. The quantitative estimate of drug-likeness (QED) is 0.485. The number of hydrogen-bond donors (Lipinski definition) is 2. The van der Waals surface area contributed by atoms with E-state index < -0.39 is 0 Å². The van der Waals surface area contributed by atoms with Crippen LogP contribution in [0.2, 0.25) is 0 Å². The van der Waals surface area contributed by atoms with E-state index in [2.05, 4.69) is 68.6 Å². The van der Waals surface area contributed by atoms with Gasteiger partial charge in [-0.3, -0.25) is 9.89 Å². The molecule has 0 aromatic carbocycles. The Hall–Kier alpha value is -1.93. The second-order valence-corrected chi connectivity index (χ2v) is 8.67. The number of nitrogens with one attached hydrogen (secondary N) is 2. The molecule has 0 bridgehead atoms. The largest absolute Gasteiger partial charge is 0.357 e. The average Bonchev–Trinajstić information content (AvgIpc) is 3.41. The van der Waals surface area contributed by atoms with E-state index in [0.29, 0.717) is 6.04 Å². The molecule has 0 aliphatic carbocycles. The van der Waals surface area contributed by atoms with Crippen molar-refractivity contribution in [3.05, 3.63) is 34.5 Å². The van der Waals surface area contributed by atoms with Crippen LogP contribution >= 0.6 is 11.3 Å². The van der Waals surface area contributed by atoms with Crippen LogP contribution in [0.4, 0.5) is 0 Å². The first-order chi connectivity index (χ1) is 14.2. The van der Waals surface area contributed by atoms with Gasteiger partial charge in [0.05, 0.1) is 12.6 Å². The minimum Gasteiger partial charge on any atom is -0.357 e. The van der Waals surface area contributed by atoms with Gasteiger partial charge in [-0.1, -0.05) is 19.9 Å². The molecule has 160 valence electrons. The predicted octanol–water partition coefficient (Wildman–Crippen LogP) is 2.93. The molecule has 7 nitrogen and oxygen atoms in total. The zero-order valence-electron chi connectivity index (χ0n) is 18.0. The number of aryl methyl sites for hydroxylation is 1. The van der Waals surface area contributed by atoms with Crippen molar-refractivity contribution in [2.75, 3.05) is 32.7 Å². The molecule has 8 heteroatoms. The Morgan fingerprint density at radius 1 is 1.31 bits per heavy atom. The third kappa shape index (κ3) is 6.27. The molecule has 1 unspecified atom stereocenters. The van der Waals surface area contributed by atoms with Crippen LogP contribution < -0.4 is 10.6 Å². The molecule has 1 saturated heterocycles. The Balaban J connectivity index is 1.61. The van der Waals surface area contributed by atoms with E-state index in [-0.39, 0.29) is 0 Å². The van der Waals surface area contributed by atoms with Crippen molar-refractivity contribution in [1.29, 1.82) is 0 Å². The molecule has 0 radical (unpaired) electrons. The Bertz CT molecular complexity index is 732. The molecular formula is C21H35N7S. The van der Waals surface area contributed by atoms with Crippen molar-refractivity contribution < 1.29 is 0 Å². The van der Waals surface area contributed by atoms with E-state index in [1.54, 1.807) is 6.33 Å². The molecule has 3 heterocycles. The predicted molar refractivity (Wildman–Crippen MR) is 120 cm³/mol. The normalized spacial score (nSPS) is 17.4. The Labute approximate surface area is 178 Å². The second kappa shape index (κ2) is 11.3. The van der Waals surface area contributed by atoms with E-state index in [1.165, 1.54) is 17.7 Å². The first-order valence-corrected chi connectivity index (χ1v) is 11.8. The second-order valence-electron chi connectivity index (χ2n) is 7.69. The van der Waals surface area contributed by atoms with Gasteiger partial charge in [0.2, 0.25) is 0 Å². The molecule has 1 aliphatic rings. The zero-order valence-corrected chi connectivity index (χ0v) is 18.8. The smallest absolute Gasteiger partial charge is 0.191 e. The highest BCUT2D eigenvalue weighted by Crippen LogP contribution is 2.29. The summed E-state index contributed by atoms with van der Waals surface area (Å²) < 4.78 is 2.10. The molecule has 1 fully saturated rings. The van der Waals surface area contributed by atoms with Crippen molar-refractivity contribution in [1.82, 2.24) is 30.3 Å². The van der Waals surface area contributed by atoms with Crippen molar-refractivity contribution in [3.63, 3.8) is 0 Å². The molecule has 0 saturated carbocycles. The summed E-state index contributed by atoms with van der Waals surface area (Å²) in [5.74, 6) is 2.74.